The van der Waals surface area contributed by atoms with Gasteiger partial charge in [-0.3, -0.25) is 0 Å². The number of aromatic nitrogens is 4. The lowest BCUT2D eigenvalue weighted by Gasteiger charge is -1.82. The van der Waals surface area contributed by atoms with Gasteiger partial charge in [0, 0.05) is 5.56 Å². The number of halogens is 3. The first-order valence-electron chi connectivity index (χ1n) is 4.49. The van der Waals surface area contributed by atoms with Gasteiger partial charge in [-0.25, -0.2) is 0 Å². The van der Waals surface area contributed by atoms with Crippen molar-refractivity contribution in [2.45, 2.75) is 10.8 Å². The lowest BCUT2D eigenvalue weighted by Crippen LogP contribution is -3.65. The molecule has 8 heteroatoms. The number of nitrogens with zero attached hydrogens (tertiary/aromatic N) is 4. The maximum absolute atomic E-state index is 5.32. The van der Waals surface area contributed by atoms with E-state index < -0.39 is 0 Å². The van der Waals surface area contributed by atoms with E-state index in [2.05, 4.69) is 47.0 Å². The summed E-state index contributed by atoms with van der Waals surface area (Å²) in [5.74, 6) is 0.739. The average Bonchev–Trinajstić information content (AvgIpc) is 2.88. The largest absolute Gasteiger partial charge is 0.464 e. The van der Waals surface area contributed by atoms with Crippen molar-refractivity contribution in [1.29, 1.82) is 0 Å². The van der Waals surface area contributed by atoms with Crippen LogP contribution in [0.2, 0.25) is 0 Å². The van der Waals surface area contributed by atoms with Gasteiger partial charge in [-0.2, -0.15) is 0 Å². The molecule has 5 nitrogen and oxygen atoms in total. The molecule has 2 heterocycles. The molecule has 86 valence electrons. The summed E-state index contributed by atoms with van der Waals surface area (Å²) in [7, 11) is 0. The van der Waals surface area contributed by atoms with Crippen molar-refractivity contribution in [3.63, 3.8) is 0 Å². The number of hydrogen-bond acceptors (Lipinski definition) is 4. The Morgan fingerprint density at radius 1 is 1.44 bits per heavy atom. The van der Waals surface area contributed by atoms with E-state index in [0.29, 0.717) is 3.90 Å². The molecular formula is C8H10I3N4O+3. The van der Waals surface area contributed by atoms with Gasteiger partial charge in [0.15, 0.2) is 8.86 Å². The van der Waals surface area contributed by atoms with Gasteiger partial charge in [0.05, 0.1) is 18.8 Å². The summed E-state index contributed by atoms with van der Waals surface area (Å²) in [6, 6.07) is 0. The molecule has 2 aromatic rings. The van der Waals surface area contributed by atoms with Gasteiger partial charge in [0.2, 0.25) is 5.89 Å². The zero-order valence-corrected chi connectivity index (χ0v) is 15.0. The van der Waals surface area contributed by atoms with E-state index in [1.165, 1.54) is 5.56 Å². The van der Waals surface area contributed by atoms with Gasteiger partial charge in [-0.05, 0) is 0 Å². The maximum atomic E-state index is 5.32. The predicted octanol–water partition coefficient (Wildman–Crippen LogP) is -9.40. The smallest absolute Gasteiger partial charge is 0.387 e. The van der Waals surface area contributed by atoms with Crippen LogP contribution in [0.25, 0.3) is 0 Å². The normalized spacial score (nSPS) is 10.9. The highest BCUT2D eigenvalue weighted by Crippen LogP contribution is 1.90. The topological polar surface area (TPSA) is 56.7 Å². The Morgan fingerprint density at radius 3 is 2.94 bits per heavy atom. The average molecular weight is 559 g/mol. The molecule has 0 aliphatic rings. The Balaban J connectivity index is 1.79. The third-order valence-corrected chi connectivity index (χ3v) is 5.41. The van der Waals surface area contributed by atoms with E-state index in [4.69, 9.17) is 4.42 Å². The maximum Gasteiger partial charge on any atom is 0.464 e. The Kier molecular flexibility index (Phi) is 5.25. The molecule has 2 aromatic heterocycles. The fourth-order valence-electron chi connectivity index (χ4n) is 1.02. The van der Waals surface area contributed by atoms with Crippen molar-refractivity contribution in [2.24, 2.45) is 0 Å². The number of aryl methyl sites for hydroxylation is 1. The van der Waals surface area contributed by atoms with Crippen molar-refractivity contribution in [3.8, 4) is 0 Å². The van der Waals surface area contributed by atoms with Crippen LogP contribution in [-0.4, -0.2) is 22.6 Å². The second-order valence-corrected chi connectivity index (χ2v) is 7.47. The van der Waals surface area contributed by atoms with Gasteiger partial charge in [0.1, 0.15) is 0 Å². The Labute approximate surface area is 131 Å². The summed E-state index contributed by atoms with van der Waals surface area (Å²) in [5, 5.41) is 12.1. The molecule has 0 saturated carbocycles. The van der Waals surface area contributed by atoms with Crippen LogP contribution in [-0.2, 0) is 10.8 Å². The van der Waals surface area contributed by atoms with E-state index >= 15 is 0 Å². The zero-order chi connectivity index (χ0) is 11.4. The second-order valence-electron chi connectivity index (χ2n) is 2.90. The van der Waals surface area contributed by atoms with E-state index in [1.54, 1.807) is 22.6 Å². The Morgan fingerprint density at radius 2 is 2.31 bits per heavy atom. The molecular weight excluding hydrogens is 549 g/mol. The molecule has 0 N–H and O–H groups in total. The van der Waals surface area contributed by atoms with Crippen LogP contribution in [0.3, 0.4) is 0 Å². The lowest BCUT2D eigenvalue weighted by molar-refractivity contribution is -0.717. The van der Waals surface area contributed by atoms with Crippen LogP contribution < -0.4 is 66.7 Å². The minimum Gasteiger partial charge on any atom is -0.387 e. The molecule has 0 aromatic carbocycles. The predicted molar refractivity (Wildman–Crippen MR) is 45.7 cm³/mol. The fourth-order valence-corrected chi connectivity index (χ4v) is 3.89. The number of rotatable bonds is 5. The Bertz CT molecular complexity index is 456. The van der Waals surface area contributed by atoms with Crippen molar-refractivity contribution in [1.82, 2.24) is 18.2 Å². The van der Waals surface area contributed by atoms with Crippen molar-refractivity contribution < 1.29 is 71.1 Å². The van der Waals surface area contributed by atoms with Crippen LogP contribution in [0.4, 0.5) is 0 Å². The molecule has 0 amide bonds. The summed E-state index contributed by atoms with van der Waals surface area (Å²) in [5.41, 5.74) is 1.30. The third kappa shape index (κ3) is 3.78. The van der Waals surface area contributed by atoms with Gasteiger partial charge in [0.25, 0.3) is 22.6 Å². The molecule has 0 atom stereocenters. The van der Waals surface area contributed by atoms with Crippen LogP contribution in [0, 0.1) is 3.90 Å². The van der Waals surface area contributed by atoms with E-state index in [1.807, 2.05) is 6.20 Å². The lowest BCUT2D eigenvalue weighted by atomic mass is 10.4. The quantitative estimate of drug-likeness (QED) is 0.270. The summed E-state index contributed by atoms with van der Waals surface area (Å²) in [6.07, 6.45) is 4.94. The second kappa shape index (κ2) is 6.47. The number of hydrogen-bond donors (Lipinski definition) is 0. The highest BCUT2D eigenvalue weighted by molar-refractivity contribution is 4.99. The summed E-state index contributed by atoms with van der Waals surface area (Å²) in [4.78, 5) is 0. The molecule has 0 fully saturated rings. The van der Waals surface area contributed by atoms with Crippen LogP contribution in [0.5, 0.6) is 0 Å². The monoisotopic (exact) mass is 559 g/mol. The first kappa shape index (κ1) is 13.0. The minimum atomic E-state index is -0.0954. The van der Waals surface area contributed by atoms with Crippen molar-refractivity contribution in [3.05, 3.63) is 27.7 Å². The van der Waals surface area contributed by atoms with Gasteiger partial charge in [-0.15, -0.1) is 10.2 Å². The van der Waals surface area contributed by atoms with Gasteiger partial charge in [-0.1, -0.05) is 7.99 Å². The molecule has 0 aliphatic heterocycles. The van der Waals surface area contributed by atoms with Crippen LogP contribution in [0.15, 0.2) is 16.8 Å². The highest BCUT2D eigenvalue weighted by Gasteiger charge is 2.16. The van der Waals surface area contributed by atoms with Gasteiger partial charge < -0.3 is 4.42 Å². The van der Waals surface area contributed by atoms with Gasteiger partial charge >= 0.3 is 48.0 Å². The third-order valence-electron chi connectivity index (χ3n) is 1.74. The molecule has 0 aliphatic carbocycles. The Hall–Kier alpha value is 0.540. The summed E-state index contributed by atoms with van der Waals surface area (Å²) >= 11 is 3.72. The van der Waals surface area contributed by atoms with E-state index in [0.717, 1.165) is 21.2 Å². The van der Waals surface area contributed by atoms with Crippen LogP contribution in [0.1, 0.15) is 11.5 Å². The molecule has 0 saturated heterocycles. The molecule has 0 radical (unpaired) electrons. The van der Waals surface area contributed by atoms with E-state index in [9.17, 15) is 0 Å². The van der Waals surface area contributed by atoms with Crippen molar-refractivity contribution >= 4 is 0 Å². The molecule has 2 rings (SSSR count). The molecule has 16 heavy (non-hydrogen) atoms. The highest BCUT2D eigenvalue weighted by atomic mass is 127. The fraction of sp³-hybridized carbons (Fsp3) is 0.375. The molecule has 0 bridgehead atoms. The van der Waals surface area contributed by atoms with E-state index in [-0.39, 0.29) is 21.5 Å². The summed E-state index contributed by atoms with van der Waals surface area (Å²) < 4.78 is 10.2. The van der Waals surface area contributed by atoms with Crippen molar-refractivity contribution in [2.75, 3.05) is 4.43 Å². The first-order valence-corrected chi connectivity index (χ1v) is 9.79. The number of alkyl halides is 2. The first-order chi connectivity index (χ1) is 7.78. The molecule has 0 spiro atoms. The van der Waals surface area contributed by atoms with Crippen LogP contribution >= 0.6 is 0 Å². The molecule has 0 unspecified atom stereocenters. The SMILES string of the molecule is [IH+]Cc1cnn([I+]CCc2nnc([IH+])o2)c1. The zero-order valence-electron chi connectivity index (χ0n) is 8.17. The minimum absolute atomic E-state index is 0.0954. The summed E-state index contributed by atoms with van der Waals surface area (Å²) in [6.45, 7) is 0. The standard InChI is InChI=1S/C8H10I3N4O/c9-3-6-4-12-15(5-6)11-2-1-7-13-14-8(10)16-7/h4-5,9-10H,1-3H2/q+3.